The molecule has 1 atom stereocenters. The topological polar surface area (TPSA) is 66.7 Å². The van der Waals surface area contributed by atoms with E-state index in [1.54, 1.807) is 18.0 Å². The smallest absolute Gasteiger partial charge is 0.270 e. The zero-order valence-corrected chi connectivity index (χ0v) is 13.7. The largest absolute Gasteiger partial charge is 0.341 e. The van der Waals surface area contributed by atoms with Gasteiger partial charge in [0.1, 0.15) is 0 Å². The molecule has 0 N–H and O–H groups in total. The molecule has 1 aromatic rings. The lowest BCUT2D eigenvalue weighted by molar-refractivity contribution is -0.384. The molecule has 0 saturated carbocycles. The first-order valence-electron chi connectivity index (χ1n) is 6.76. The third-order valence-corrected chi connectivity index (χ3v) is 4.45. The van der Waals surface area contributed by atoms with Crippen molar-refractivity contribution in [2.75, 3.05) is 33.7 Å². The lowest BCUT2D eigenvalue weighted by atomic mass is 10.1. The van der Waals surface area contributed by atoms with Crippen LogP contribution in [0, 0.1) is 16.0 Å². The van der Waals surface area contributed by atoms with Crippen molar-refractivity contribution in [1.82, 2.24) is 9.80 Å². The van der Waals surface area contributed by atoms with E-state index in [4.69, 9.17) is 0 Å². The summed E-state index contributed by atoms with van der Waals surface area (Å²) in [4.78, 5) is 26.7. The molecule has 0 aromatic heterocycles. The van der Waals surface area contributed by atoms with E-state index in [-0.39, 0.29) is 11.6 Å². The molecular formula is C14H18BrN3O3. The van der Waals surface area contributed by atoms with Gasteiger partial charge in [-0.2, -0.15) is 0 Å². The van der Waals surface area contributed by atoms with Crippen LogP contribution in [0.3, 0.4) is 0 Å². The molecule has 1 aromatic carbocycles. The molecule has 7 heteroatoms. The van der Waals surface area contributed by atoms with Gasteiger partial charge in [0.2, 0.25) is 0 Å². The number of hydrogen-bond donors (Lipinski definition) is 0. The van der Waals surface area contributed by atoms with Crippen LogP contribution in [0.15, 0.2) is 22.7 Å². The highest BCUT2D eigenvalue weighted by Gasteiger charge is 2.24. The first kappa shape index (κ1) is 15.9. The summed E-state index contributed by atoms with van der Waals surface area (Å²) in [5.41, 5.74) is 0.258. The highest BCUT2D eigenvalue weighted by Crippen LogP contribution is 2.24. The van der Waals surface area contributed by atoms with Gasteiger partial charge in [-0.05, 0) is 47.9 Å². The molecule has 0 aliphatic carbocycles. The summed E-state index contributed by atoms with van der Waals surface area (Å²) in [6.07, 6.45) is 1.07. The third kappa shape index (κ3) is 3.79. The van der Waals surface area contributed by atoms with Gasteiger partial charge in [0.05, 0.1) is 10.5 Å². The van der Waals surface area contributed by atoms with Gasteiger partial charge < -0.3 is 9.80 Å². The van der Waals surface area contributed by atoms with E-state index in [0.29, 0.717) is 22.5 Å². The van der Waals surface area contributed by atoms with Crippen molar-refractivity contribution in [3.8, 4) is 0 Å². The summed E-state index contributed by atoms with van der Waals surface area (Å²) in [6, 6.07) is 4.25. The summed E-state index contributed by atoms with van der Waals surface area (Å²) in [7, 11) is 3.81. The average molecular weight is 356 g/mol. The fraction of sp³-hybridized carbons (Fsp3) is 0.500. The van der Waals surface area contributed by atoms with Crippen molar-refractivity contribution in [3.05, 3.63) is 38.3 Å². The number of hydrogen-bond acceptors (Lipinski definition) is 4. The van der Waals surface area contributed by atoms with Crippen LogP contribution in [-0.4, -0.2) is 54.4 Å². The van der Waals surface area contributed by atoms with Gasteiger partial charge in [-0.25, -0.2) is 0 Å². The zero-order valence-electron chi connectivity index (χ0n) is 12.1. The van der Waals surface area contributed by atoms with Gasteiger partial charge in [0.15, 0.2) is 0 Å². The molecule has 1 heterocycles. The fourth-order valence-corrected chi connectivity index (χ4v) is 3.06. The van der Waals surface area contributed by atoms with Gasteiger partial charge >= 0.3 is 0 Å². The van der Waals surface area contributed by atoms with Crippen LogP contribution in [0.4, 0.5) is 5.69 Å². The highest BCUT2D eigenvalue weighted by molar-refractivity contribution is 9.10. The predicted molar refractivity (Wildman–Crippen MR) is 83.4 cm³/mol. The number of carbonyl (C=O) groups is 1. The first-order valence-corrected chi connectivity index (χ1v) is 7.55. The first-order chi connectivity index (χ1) is 9.88. The molecule has 0 radical (unpaired) electrons. The van der Waals surface area contributed by atoms with Crippen molar-refractivity contribution in [3.63, 3.8) is 0 Å². The molecular weight excluding hydrogens is 338 g/mol. The van der Waals surface area contributed by atoms with Crippen LogP contribution in [0.1, 0.15) is 16.8 Å². The SMILES string of the molecule is CN1CCC(CN(C)C(=O)c2cc([N+](=O)[O-])ccc2Br)C1. The van der Waals surface area contributed by atoms with Crippen LogP contribution in [0.5, 0.6) is 0 Å². The molecule has 6 nitrogen and oxygen atoms in total. The Balaban J connectivity index is 2.11. The second-order valence-corrected chi connectivity index (χ2v) is 6.38. The van der Waals surface area contributed by atoms with E-state index < -0.39 is 4.92 Å². The standard InChI is InChI=1S/C14H18BrN3O3/c1-16-6-5-10(8-16)9-17(2)14(19)12-7-11(18(20)21)3-4-13(12)15/h3-4,7,10H,5-6,8-9H2,1-2H3. The zero-order chi connectivity index (χ0) is 15.6. The Labute approximate surface area is 132 Å². The summed E-state index contributed by atoms with van der Waals surface area (Å²) in [5.74, 6) is 0.265. The lowest BCUT2D eigenvalue weighted by Gasteiger charge is -2.21. The average Bonchev–Trinajstić information content (AvgIpc) is 2.83. The molecule has 21 heavy (non-hydrogen) atoms. The molecule has 1 saturated heterocycles. The Morgan fingerprint density at radius 3 is 2.86 bits per heavy atom. The molecule has 1 aliphatic rings. The predicted octanol–water partition coefficient (Wildman–Crippen LogP) is 2.38. The number of amides is 1. The quantitative estimate of drug-likeness (QED) is 0.614. The molecule has 1 fully saturated rings. The van der Waals surface area contributed by atoms with Crippen LogP contribution in [0.2, 0.25) is 0 Å². The summed E-state index contributed by atoms with van der Waals surface area (Å²) in [5, 5.41) is 10.8. The van der Waals surface area contributed by atoms with Crippen molar-refractivity contribution in [2.45, 2.75) is 6.42 Å². The Kier molecular flexibility index (Phi) is 4.95. The third-order valence-electron chi connectivity index (χ3n) is 3.76. The Morgan fingerprint density at radius 2 is 2.29 bits per heavy atom. The van der Waals surface area contributed by atoms with Crippen molar-refractivity contribution < 1.29 is 9.72 Å². The van der Waals surface area contributed by atoms with Gasteiger partial charge in [-0.15, -0.1) is 0 Å². The van der Waals surface area contributed by atoms with Gasteiger partial charge in [-0.3, -0.25) is 14.9 Å². The molecule has 1 amide bonds. The molecule has 0 bridgehead atoms. The van der Waals surface area contributed by atoms with E-state index in [2.05, 4.69) is 27.9 Å². The maximum Gasteiger partial charge on any atom is 0.270 e. The molecule has 1 aliphatic heterocycles. The van der Waals surface area contributed by atoms with Crippen molar-refractivity contribution in [2.24, 2.45) is 5.92 Å². The fourth-order valence-electron chi connectivity index (χ4n) is 2.64. The number of benzene rings is 1. The van der Waals surface area contributed by atoms with E-state index in [1.165, 1.54) is 12.1 Å². The Morgan fingerprint density at radius 1 is 1.57 bits per heavy atom. The normalized spacial score (nSPS) is 18.7. The second-order valence-electron chi connectivity index (χ2n) is 5.52. The van der Waals surface area contributed by atoms with E-state index in [9.17, 15) is 14.9 Å². The van der Waals surface area contributed by atoms with E-state index in [1.807, 2.05) is 0 Å². The summed E-state index contributed by atoms with van der Waals surface area (Å²) >= 11 is 3.29. The minimum atomic E-state index is -0.491. The van der Waals surface area contributed by atoms with Crippen LogP contribution in [-0.2, 0) is 0 Å². The molecule has 0 spiro atoms. The maximum atomic E-state index is 12.5. The number of nitrogens with zero attached hydrogens (tertiary/aromatic N) is 3. The van der Waals surface area contributed by atoms with Gasteiger partial charge in [0, 0.05) is 36.7 Å². The number of nitro groups is 1. The summed E-state index contributed by atoms with van der Waals surface area (Å²) in [6.45, 7) is 2.69. The molecule has 1 unspecified atom stereocenters. The van der Waals surface area contributed by atoms with Gasteiger partial charge in [-0.1, -0.05) is 0 Å². The van der Waals surface area contributed by atoms with Crippen LogP contribution >= 0.6 is 15.9 Å². The minimum absolute atomic E-state index is 0.0736. The number of rotatable bonds is 4. The van der Waals surface area contributed by atoms with E-state index in [0.717, 1.165) is 19.5 Å². The number of non-ortho nitro benzene ring substituents is 1. The van der Waals surface area contributed by atoms with E-state index >= 15 is 0 Å². The van der Waals surface area contributed by atoms with Crippen molar-refractivity contribution in [1.29, 1.82) is 0 Å². The monoisotopic (exact) mass is 355 g/mol. The Bertz CT molecular complexity index is 564. The Hall–Kier alpha value is -1.47. The second kappa shape index (κ2) is 6.53. The van der Waals surface area contributed by atoms with Crippen LogP contribution in [0.25, 0.3) is 0 Å². The highest BCUT2D eigenvalue weighted by atomic mass is 79.9. The number of likely N-dealkylation sites (tertiary alicyclic amines) is 1. The minimum Gasteiger partial charge on any atom is -0.341 e. The number of halogens is 1. The van der Waals surface area contributed by atoms with Gasteiger partial charge in [0.25, 0.3) is 11.6 Å². The molecule has 114 valence electrons. The summed E-state index contributed by atoms with van der Waals surface area (Å²) < 4.78 is 0.577. The van der Waals surface area contributed by atoms with Crippen molar-refractivity contribution >= 4 is 27.5 Å². The number of nitro benzene ring substituents is 1. The molecule has 2 rings (SSSR count). The maximum absolute atomic E-state index is 12.5. The van der Waals surface area contributed by atoms with Crippen LogP contribution < -0.4 is 0 Å². The number of carbonyl (C=O) groups excluding carboxylic acids is 1. The lowest BCUT2D eigenvalue weighted by Crippen LogP contribution is -2.33.